The molecule has 0 aliphatic heterocycles. The van der Waals surface area contributed by atoms with Crippen molar-refractivity contribution in [1.82, 2.24) is 14.8 Å². The van der Waals surface area contributed by atoms with Gasteiger partial charge in [-0.1, -0.05) is 12.2 Å². The summed E-state index contributed by atoms with van der Waals surface area (Å²) in [6, 6.07) is 2.56. The molecule has 0 aliphatic carbocycles. The number of pyridine rings is 1. The minimum absolute atomic E-state index is 0.135. The predicted octanol–water partition coefficient (Wildman–Crippen LogP) is 2.49. The van der Waals surface area contributed by atoms with E-state index in [0.29, 0.717) is 6.54 Å². The predicted molar refractivity (Wildman–Crippen MR) is 63.8 cm³/mol. The Balaban J connectivity index is 2.35. The van der Waals surface area contributed by atoms with Crippen molar-refractivity contribution in [2.45, 2.75) is 19.6 Å². The van der Waals surface area contributed by atoms with E-state index in [9.17, 15) is 18.0 Å². The molecule has 0 fully saturated rings. The quantitative estimate of drug-likeness (QED) is 0.813. The molecule has 5 nitrogen and oxygen atoms in total. The highest BCUT2D eigenvalue weighted by atomic mass is 19.4. The second-order valence-electron chi connectivity index (χ2n) is 4.25. The third-order valence-electron chi connectivity index (χ3n) is 2.35. The van der Waals surface area contributed by atoms with Crippen LogP contribution in [0, 0.1) is 0 Å². The standard InChI is InChI=1S/C12H10F3N3O2/c1-7(2)6-18-4-3-8(5-9(18)19)10-16-17-11(20-10)12(13,14)15/h3-5H,1,6H2,2H3. The van der Waals surface area contributed by atoms with E-state index >= 15 is 0 Å². The van der Waals surface area contributed by atoms with E-state index in [1.807, 2.05) is 0 Å². The third-order valence-corrected chi connectivity index (χ3v) is 2.35. The van der Waals surface area contributed by atoms with Gasteiger partial charge in [0.05, 0.1) is 0 Å². The van der Waals surface area contributed by atoms with Gasteiger partial charge in [0.1, 0.15) is 0 Å². The van der Waals surface area contributed by atoms with Crippen molar-refractivity contribution in [2.75, 3.05) is 0 Å². The number of rotatable bonds is 3. The zero-order valence-corrected chi connectivity index (χ0v) is 10.4. The number of hydrogen-bond acceptors (Lipinski definition) is 4. The second kappa shape index (κ2) is 4.95. The van der Waals surface area contributed by atoms with Gasteiger partial charge >= 0.3 is 12.1 Å². The number of hydrogen-bond donors (Lipinski definition) is 0. The first-order chi connectivity index (χ1) is 9.27. The molecular formula is C12H10F3N3O2. The number of nitrogens with zero attached hydrogens (tertiary/aromatic N) is 3. The third kappa shape index (κ3) is 2.95. The molecule has 2 aromatic rings. The van der Waals surface area contributed by atoms with Crippen molar-refractivity contribution in [3.8, 4) is 11.5 Å². The molecule has 8 heteroatoms. The molecular weight excluding hydrogens is 275 g/mol. The van der Waals surface area contributed by atoms with Gasteiger partial charge in [-0.25, -0.2) is 0 Å². The van der Waals surface area contributed by atoms with Crippen molar-refractivity contribution < 1.29 is 17.6 Å². The van der Waals surface area contributed by atoms with Crippen LogP contribution in [0.25, 0.3) is 11.5 Å². The highest BCUT2D eigenvalue weighted by Gasteiger charge is 2.38. The van der Waals surface area contributed by atoms with E-state index in [4.69, 9.17) is 0 Å². The fraction of sp³-hybridized carbons (Fsp3) is 0.250. The molecule has 20 heavy (non-hydrogen) atoms. The minimum Gasteiger partial charge on any atom is -0.413 e. The number of alkyl halides is 3. The van der Waals surface area contributed by atoms with Crippen LogP contribution in [0.2, 0.25) is 0 Å². The Bertz CT molecular complexity index is 700. The van der Waals surface area contributed by atoms with Crippen LogP contribution in [0.4, 0.5) is 13.2 Å². The maximum Gasteiger partial charge on any atom is 0.470 e. The Hall–Kier alpha value is -2.38. The van der Waals surface area contributed by atoms with Gasteiger partial charge in [-0.05, 0) is 13.0 Å². The number of aromatic nitrogens is 3. The summed E-state index contributed by atoms with van der Waals surface area (Å²) in [5.74, 6) is -1.80. The number of halogens is 3. The Morgan fingerprint density at radius 2 is 2.15 bits per heavy atom. The summed E-state index contributed by atoms with van der Waals surface area (Å²) in [4.78, 5) is 11.8. The van der Waals surface area contributed by atoms with Crippen LogP contribution in [-0.2, 0) is 12.7 Å². The topological polar surface area (TPSA) is 60.9 Å². The van der Waals surface area contributed by atoms with E-state index in [2.05, 4.69) is 21.2 Å². The molecule has 0 atom stereocenters. The molecule has 2 aromatic heterocycles. The molecule has 0 bridgehead atoms. The van der Waals surface area contributed by atoms with Crippen LogP contribution >= 0.6 is 0 Å². The Kier molecular flexibility index (Phi) is 3.47. The van der Waals surface area contributed by atoms with Crippen LogP contribution < -0.4 is 5.56 Å². The maximum absolute atomic E-state index is 12.3. The van der Waals surface area contributed by atoms with Crippen LogP contribution in [0.5, 0.6) is 0 Å². The van der Waals surface area contributed by atoms with Gasteiger partial charge < -0.3 is 8.98 Å². The lowest BCUT2D eigenvalue weighted by Crippen LogP contribution is -2.18. The molecule has 2 heterocycles. The van der Waals surface area contributed by atoms with Crippen molar-refractivity contribution in [1.29, 1.82) is 0 Å². The molecule has 0 saturated carbocycles. The van der Waals surface area contributed by atoms with Crippen molar-refractivity contribution >= 4 is 0 Å². The van der Waals surface area contributed by atoms with Crippen LogP contribution in [-0.4, -0.2) is 14.8 Å². The zero-order chi connectivity index (χ0) is 14.9. The molecule has 0 amide bonds. The van der Waals surface area contributed by atoms with Crippen LogP contribution in [0.1, 0.15) is 12.8 Å². The molecule has 0 saturated heterocycles. The van der Waals surface area contributed by atoms with Gasteiger partial charge in [0.2, 0.25) is 5.89 Å². The van der Waals surface area contributed by atoms with E-state index in [-0.39, 0.29) is 11.5 Å². The molecule has 106 valence electrons. The Morgan fingerprint density at radius 3 is 2.65 bits per heavy atom. The smallest absolute Gasteiger partial charge is 0.413 e. The summed E-state index contributed by atoms with van der Waals surface area (Å²) in [6.45, 7) is 5.76. The van der Waals surface area contributed by atoms with Gasteiger partial charge in [0.25, 0.3) is 5.56 Å². The molecule has 2 rings (SSSR count). The first-order valence-corrected chi connectivity index (χ1v) is 5.53. The van der Waals surface area contributed by atoms with Crippen LogP contribution in [0.15, 0.2) is 39.7 Å². The lowest BCUT2D eigenvalue weighted by atomic mass is 10.2. The molecule has 0 aliphatic rings. The van der Waals surface area contributed by atoms with Crippen molar-refractivity contribution in [3.05, 3.63) is 46.7 Å². The van der Waals surface area contributed by atoms with Crippen LogP contribution in [0.3, 0.4) is 0 Å². The molecule has 0 unspecified atom stereocenters. The fourth-order valence-electron chi connectivity index (χ4n) is 1.52. The van der Waals surface area contributed by atoms with Gasteiger partial charge in [-0.3, -0.25) is 4.79 Å². The van der Waals surface area contributed by atoms with Gasteiger partial charge in [-0.2, -0.15) is 13.2 Å². The first-order valence-electron chi connectivity index (χ1n) is 5.53. The molecule has 0 radical (unpaired) electrons. The van der Waals surface area contributed by atoms with E-state index < -0.39 is 17.6 Å². The van der Waals surface area contributed by atoms with E-state index in [0.717, 1.165) is 11.6 Å². The highest BCUT2D eigenvalue weighted by Crippen LogP contribution is 2.29. The second-order valence-corrected chi connectivity index (χ2v) is 4.25. The average Bonchev–Trinajstić information content (AvgIpc) is 2.80. The first kappa shape index (κ1) is 14.0. The van der Waals surface area contributed by atoms with Gasteiger partial charge in [0.15, 0.2) is 0 Å². The maximum atomic E-state index is 12.3. The summed E-state index contributed by atoms with van der Waals surface area (Å²) < 4.78 is 42.9. The van der Waals surface area contributed by atoms with Crippen molar-refractivity contribution in [3.63, 3.8) is 0 Å². The van der Waals surface area contributed by atoms with Gasteiger partial charge in [-0.15, -0.1) is 10.2 Å². The summed E-state index contributed by atoms with van der Waals surface area (Å²) in [6.07, 6.45) is -3.27. The summed E-state index contributed by atoms with van der Waals surface area (Å²) in [7, 11) is 0. The monoisotopic (exact) mass is 285 g/mol. The fourth-order valence-corrected chi connectivity index (χ4v) is 1.52. The van der Waals surface area contributed by atoms with Gasteiger partial charge in [0, 0.05) is 24.4 Å². The molecule has 0 aromatic carbocycles. The Morgan fingerprint density at radius 1 is 1.45 bits per heavy atom. The van der Waals surface area contributed by atoms with E-state index in [1.54, 1.807) is 6.92 Å². The normalized spacial score (nSPS) is 11.6. The number of allylic oxidation sites excluding steroid dienone is 1. The molecule has 0 N–H and O–H groups in total. The zero-order valence-electron chi connectivity index (χ0n) is 10.4. The lowest BCUT2D eigenvalue weighted by molar-refractivity contribution is -0.156. The SMILES string of the molecule is C=C(C)Cn1ccc(-c2nnc(C(F)(F)F)o2)cc1=O. The van der Waals surface area contributed by atoms with Crippen molar-refractivity contribution in [2.24, 2.45) is 0 Å². The van der Waals surface area contributed by atoms with E-state index in [1.165, 1.54) is 16.8 Å². The lowest BCUT2D eigenvalue weighted by Gasteiger charge is -2.04. The highest BCUT2D eigenvalue weighted by molar-refractivity contribution is 5.51. The summed E-state index contributed by atoms with van der Waals surface area (Å²) >= 11 is 0. The Labute approximate surface area is 111 Å². The molecule has 0 spiro atoms. The largest absolute Gasteiger partial charge is 0.470 e. The minimum atomic E-state index is -4.71. The summed E-state index contributed by atoms with van der Waals surface area (Å²) in [5.41, 5.74) is 0.519. The summed E-state index contributed by atoms with van der Waals surface area (Å²) in [5, 5.41) is 6.18. The average molecular weight is 285 g/mol.